The van der Waals surface area contributed by atoms with E-state index >= 15 is 0 Å². The lowest BCUT2D eigenvalue weighted by Gasteiger charge is -2.09. The fourth-order valence-electron chi connectivity index (χ4n) is 6.13. The molecule has 0 N–H and O–H groups in total. The van der Waals surface area contributed by atoms with E-state index in [9.17, 15) is 4.79 Å². The number of hydrogen-bond donors (Lipinski definition) is 0. The second-order valence-corrected chi connectivity index (χ2v) is 14.9. The Balaban J connectivity index is 3.09. The number of ether oxygens (including phenoxy) is 10. The molecule has 0 aliphatic rings. The molecule has 0 amide bonds. The average Bonchev–Trinajstić information content (AvgIpc) is 3.22. The van der Waals surface area contributed by atoms with Gasteiger partial charge in [0.25, 0.3) is 0 Å². The van der Waals surface area contributed by atoms with Crippen molar-refractivity contribution in [2.24, 2.45) is 0 Å². The fraction of sp³-hybridized carbons (Fsp3) is 0.978. The topological polar surface area (TPSA) is 109 Å². The van der Waals surface area contributed by atoms with E-state index in [1.165, 1.54) is 128 Å². The van der Waals surface area contributed by atoms with Crippen LogP contribution < -0.4 is 0 Å². The van der Waals surface area contributed by atoms with Crippen LogP contribution in [0.3, 0.4) is 0 Å². The molecule has 0 atom stereocenters. The summed E-state index contributed by atoms with van der Waals surface area (Å²) in [5.74, 6) is -0.135. The summed E-state index contributed by atoms with van der Waals surface area (Å²) in [5, 5.41) is 0. The van der Waals surface area contributed by atoms with Crippen LogP contribution in [-0.2, 0) is 52.2 Å². The van der Waals surface area contributed by atoms with Crippen LogP contribution in [0.5, 0.6) is 0 Å². The summed E-state index contributed by atoms with van der Waals surface area (Å²) in [6, 6.07) is 0. The van der Waals surface area contributed by atoms with Crippen LogP contribution in [0, 0.1) is 0 Å². The highest BCUT2D eigenvalue weighted by atomic mass is 16.6. The van der Waals surface area contributed by atoms with Crippen molar-refractivity contribution < 1.29 is 52.2 Å². The van der Waals surface area contributed by atoms with Crippen LogP contribution in [0.15, 0.2) is 0 Å². The third-order valence-electron chi connectivity index (χ3n) is 9.59. The van der Waals surface area contributed by atoms with E-state index in [2.05, 4.69) is 13.8 Å². The summed E-state index contributed by atoms with van der Waals surface area (Å²) in [4.78, 5) is 11.7. The molecular formula is C46H92O11. The van der Waals surface area contributed by atoms with Crippen LogP contribution in [0.4, 0.5) is 0 Å². The quantitative estimate of drug-likeness (QED) is 0.0432. The van der Waals surface area contributed by atoms with E-state index < -0.39 is 0 Å². The molecule has 0 aliphatic heterocycles. The van der Waals surface area contributed by atoms with Gasteiger partial charge in [-0.3, -0.25) is 4.79 Å². The minimum Gasteiger partial charge on any atom is -0.463 e. The summed E-state index contributed by atoms with van der Waals surface area (Å²) >= 11 is 0. The van der Waals surface area contributed by atoms with Gasteiger partial charge in [0.2, 0.25) is 0 Å². The van der Waals surface area contributed by atoms with Gasteiger partial charge >= 0.3 is 5.97 Å². The lowest BCUT2D eigenvalue weighted by Crippen LogP contribution is -2.15. The molecule has 0 radical (unpaired) electrons. The number of carbonyl (C=O) groups is 1. The molecular weight excluding hydrogens is 728 g/mol. The number of rotatable bonds is 52. The summed E-state index contributed by atoms with van der Waals surface area (Å²) < 4.78 is 55.1. The van der Waals surface area contributed by atoms with Crippen LogP contribution in [0.2, 0.25) is 0 Å². The second kappa shape index (κ2) is 53.1. The Morgan fingerprint density at radius 1 is 0.246 bits per heavy atom. The van der Waals surface area contributed by atoms with Crippen LogP contribution in [-0.4, -0.2) is 132 Å². The molecule has 0 aromatic heterocycles. The molecule has 0 unspecified atom stereocenters. The Bertz CT molecular complexity index is 730. The van der Waals surface area contributed by atoms with Crippen molar-refractivity contribution in [1.29, 1.82) is 0 Å². The van der Waals surface area contributed by atoms with E-state index in [0.717, 1.165) is 25.9 Å². The zero-order chi connectivity index (χ0) is 41.1. The van der Waals surface area contributed by atoms with Gasteiger partial charge in [-0.2, -0.15) is 0 Å². The highest BCUT2D eigenvalue weighted by Gasteiger charge is 2.03. The molecule has 11 nitrogen and oxygen atoms in total. The van der Waals surface area contributed by atoms with Crippen LogP contribution in [0.1, 0.15) is 168 Å². The Hall–Kier alpha value is -0.890. The van der Waals surface area contributed by atoms with Gasteiger partial charge in [0.05, 0.1) is 112 Å². The number of unbranched alkanes of at least 4 members (excludes halogenated alkanes) is 21. The molecule has 342 valence electrons. The molecule has 0 saturated heterocycles. The summed E-state index contributed by atoms with van der Waals surface area (Å²) in [7, 11) is 0. The molecule has 0 spiro atoms. The van der Waals surface area contributed by atoms with Crippen molar-refractivity contribution in [1.82, 2.24) is 0 Å². The highest BCUT2D eigenvalue weighted by Crippen LogP contribution is 2.14. The second-order valence-electron chi connectivity index (χ2n) is 14.9. The Morgan fingerprint density at radius 2 is 0.456 bits per heavy atom. The molecule has 0 bridgehead atoms. The van der Waals surface area contributed by atoms with Crippen molar-refractivity contribution in [3.05, 3.63) is 0 Å². The Kier molecular flexibility index (Phi) is 52.3. The molecule has 57 heavy (non-hydrogen) atoms. The third-order valence-corrected chi connectivity index (χ3v) is 9.59. The van der Waals surface area contributed by atoms with Gasteiger partial charge in [0.1, 0.15) is 6.61 Å². The van der Waals surface area contributed by atoms with E-state index in [-0.39, 0.29) is 5.97 Å². The SMILES string of the molecule is CCCCCCCCCCCCCCCCCCOCCOCCOCCOCCOCCOCCOCCOCCOCCOC(=O)CCCCCCCCC. The van der Waals surface area contributed by atoms with Gasteiger partial charge in [0, 0.05) is 13.0 Å². The van der Waals surface area contributed by atoms with Crippen molar-refractivity contribution in [2.45, 2.75) is 168 Å². The van der Waals surface area contributed by atoms with Gasteiger partial charge in [-0.15, -0.1) is 0 Å². The molecule has 0 rings (SSSR count). The van der Waals surface area contributed by atoms with Crippen molar-refractivity contribution in [2.75, 3.05) is 126 Å². The molecule has 0 aliphatic carbocycles. The fourth-order valence-corrected chi connectivity index (χ4v) is 6.13. The maximum Gasteiger partial charge on any atom is 0.305 e. The first-order valence-corrected chi connectivity index (χ1v) is 23.7. The third kappa shape index (κ3) is 53.1. The van der Waals surface area contributed by atoms with Gasteiger partial charge in [-0.05, 0) is 12.8 Å². The predicted molar refractivity (Wildman–Crippen MR) is 230 cm³/mol. The monoisotopic (exact) mass is 821 g/mol. The molecule has 0 saturated carbocycles. The first kappa shape index (κ1) is 56.1. The first-order chi connectivity index (χ1) is 28.3. The number of esters is 1. The van der Waals surface area contributed by atoms with Gasteiger partial charge in [-0.1, -0.05) is 149 Å². The van der Waals surface area contributed by atoms with Crippen LogP contribution >= 0.6 is 0 Å². The molecule has 0 aromatic carbocycles. The predicted octanol–water partition coefficient (Wildman–Crippen LogP) is 10.1. The lowest BCUT2D eigenvalue weighted by molar-refractivity contribution is -0.145. The first-order valence-electron chi connectivity index (χ1n) is 23.7. The van der Waals surface area contributed by atoms with E-state index in [0.29, 0.717) is 125 Å². The normalized spacial score (nSPS) is 11.5. The lowest BCUT2D eigenvalue weighted by atomic mass is 10.0. The largest absolute Gasteiger partial charge is 0.463 e. The minimum atomic E-state index is -0.135. The smallest absolute Gasteiger partial charge is 0.305 e. The standard InChI is InChI=1S/C46H92O11/c1-3-5-7-9-11-12-13-14-15-16-17-18-19-21-23-25-27-48-28-29-49-30-31-50-32-33-51-34-35-52-36-37-53-38-39-54-40-41-55-42-43-56-44-45-57-46(47)26-24-22-20-10-8-6-4-2/h3-45H2,1-2H3. The van der Waals surface area contributed by atoms with E-state index in [1.807, 2.05) is 0 Å². The number of hydrogen-bond acceptors (Lipinski definition) is 11. The minimum absolute atomic E-state index is 0.135. The highest BCUT2D eigenvalue weighted by molar-refractivity contribution is 5.69. The van der Waals surface area contributed by atoms with Crippen molar-refractivity contribution in [3.8, 4) is 0 Å². The Morgan fingerprint density at radius 3 is 0.737 bits per heavy atom. The van der Waals surface area contributed by atoms with E-state index in [4.69, 9.17) is 47.4 Å². The van der Waals surface area contributed by atoms with Crippen molar-refractivity contribution >= 4 is 5.97 Å². The zero-order valence-corrected chi connectivity index (χ0v) is 37.4. The van der Waals surface area contributed by atoms with Crippen molar-refractivity contribution in [3.63, 3.8) is 0 Å². The number of carbonyl (C=O) groups excluding carboxylic acids is 1. The van der Waals surface area contributed by atoms with Gasteiger partial charge in [-0.25, -0.2) is 0 Å². The Labute approximate surface area is 350 Å². The van der Waals surface area contributed by atoms with E-state index in [1.54, 1.807) is 0 Å². The average molecular weight is 821 g/mol. The molecule has 0 fully saturated rings. The maximum absolute atomic E-state index is 11.7. The summed E-state index contributed by atoms with van der Waals surface area (Å²) in [6.07, 6.45) is 31.0. The summed E-state index contributed by atoms with van der Waals surface area (Å²) in [5.41, 5.74) is 0. The maximum atomic E-state index is 11.7. The molecule has 11 heteroatoms. The zero-order valence-electron chi connectivity index (χ0n) is 37.4. The van der Waals surface area contributed by atoms with Crippen LogP contribution in [0.25, 0.3) is 0 Å². The van der Waals surface area contributed by atoms with Gasteiger partial charge < -0.3 is 47.4 Å². The molecule has 0 heterocycles. The summed E-state index contributed by atoms with van der Waals surface area (Å²) in [6.45, 7) is 14.5. The van der Waals surface area contributed by atoms with Gasteiger partial charge in [0.15, 0.2) is 0 Å². The molecule has 0 aromatic rings.